The van der Waals surface area contributed by atoms with Gasteiger partial charge in [0.15, 0.2) is 0 Å². The Morgan fingerprint density at radius 1 is 1.35 bits per heavy atom. The first kappa shape index (κ1) is 18.2. The normalized spacial score (nSPS) is 24.5. The molecule has 3 rings (SSSR count). The van der Waals surface area contributed by atoms with E-state index in [1.165, 1.54) is 0 Å². The van der Waals surface area contributed by atoms with E-state index >= 15 is 0 Å². The molecule has 7 heteroatoms. The summed E-state index contributed by atoms with van der Waals surface area (Å²) in [5.74, 6) is -0.106. The fourth-order valence-corrected chi connectivity index (χ4v) is 3.68. The molecule has 2 aliphatic rings. The highest BCUT2D eigenvalue weighted by molar-refractivity contribution is 9.10. The summed E-state index contributed by atoms with van der Waals surface area (Å²) in [5.41, 5.74) is 0.844. The van der Waals surface area contributed by atoms with Crippen LogP contribution in [-0.2, 0) is 9.59 Å². The van der Waals surface area contributed by atoms with Crippen LogP contribution in [0.2, 0.25) is 0 Å². The zero-order valence-electron chi connectivity index (χ0n) is 13.0. The third kappa shape index (κ3) is 3.70. The lowest BCUT2D eigenvalue weighted by atomic mass is 10.1. The third-order valence-corrected chi connectivity index (χ3v) is 5.07. The van der Waals surface area contributed by atoms with Crippen molar-refractivity contribution in [3.63, 3.8) is 0 Å². The van der Waals surface area contributed by atoms with E-state index in [1.807, 2.05) is 36.1 Å². The summed E-state index contributed by atoms with van der Waals surface area (Å²) in [6, 6.07) is 7.83. The monoisotopic (exact) mass is 401 g/mol. The second kappa shape index (κ2) is 7.64. The molecule has 1 N–H and O–H groups in total. The summed E-state index contributed by atoms with van der Waals surface area (Å²) in [6.07, 6.45) is 0.302. The van der Waals surface area contributed by atoms with Crippen LogP contribution in [0.3, 0.4) is 0 Å². The van der Waals surface area contributed by atoms with Crippen LogP contribution in [0.25, 0.3) is 0 Å². The molecule has 2 saturated heterocycles. The van der Waals surface area contributed by atoms with Crippen molar-refractivity contribution in [2.24, 2.45) is 5.92 Å². The number of para-hydroxylation sites is 1. The molecule has 2 atom stereocenters. The average Bonchev–Trinajstić information content (AvgIpc) is 2.89. The highest BCUT2D eigenvalue weighted by Crippen LogP contribution is 2.32. The standard InChI is InChI=1S/C16H20BrN3O2.ClH/c1-11-9-18-6-7-19(11)16(22)12-8-15(21)20(10-12)14-5-3-2-4-13(14)17;/h2-5,11-12,18H,6-10H2,1H3;1H. The van der Waals surface area contributed by atoms with Crippen molar-refractivity contribution in [1.82, 2.24) is 10.2 Å². The van der Waals surface area contributed by atoms with Crippen LogP contribution in [0.4, 0.5) is 5.69 Å². The molecule has 126 valence electrons. The minimum atomic E-state index is -0.236. The molecule has 0 aromatic heterocycles. The molecule has 2 fully saturated rings. The second-order valence-electron chi connectivity index (χ2n) is 5.94. The Labute approximate surface area is 150 Å². The van der Waals surface area contributed by atoms with Gasteiger partial charge in [0, 0.05) is 43.1 Å². The minimum absolute atomic E-state index is 0. The van der Waals surface area contributed by atoms with Crippen LogP contribution >= 0.6 is 28.3 Å². The van der Waals surface area contributed by atoms with Gasteiger partial charge in [-0.1, -0.05) is 12.1 Å². The van der Waals surface area contributed by atoms with Gasteiger partial charge in [0.1, 0.15) is 0 Å². The SMILES string of the molecule is CC1CNCCN1C(=O)C1CC(=O)N(c2ccccc2Br)C1.Cl. The maximum Gasteiger partial charge on any atom is 0.228 e. The van der Waals surface area contributed by atoms with Crippen LogP contribution in [0.1, 0.15) is 13.3 Å². The van der Waals surface area contributed by atoms with Gasteiger partial charge in [0.05, 0.1) is 11.6 Å². The van der Waals surface area contributed by atoms with Crippen LogP contribution in [0.15, 0.2) is 28.7 Å². The van der Waals surface area contributed by atoms with Gasteiger partial charge in [0.2, 0.25) is 11.8 Å². The largest absolute Gasteiger partial charge is 0.337 e. The van der Waals surface area contributed by atoms with Crippen molar-refractivity contribution in [3.8, 4) is 0 Å². The van der Waals surface area contributed by atoms with Gasteiger partial charge in [-0.3, -0.25) is 9.59 Å². The number of nitrogens with zero attached hydrogens (tertiary/aromatic N) is 2. The van der Waals surface area contributed by atoms with Crippen molar-refractivity contribution >= 4 is 45.8 Å². The number of benzene rings is 1. The van der Waals surface area contributed by atoms with Gasteiger partial charge < -0.3 is 15.1 Å². The predicted molar refractivity (Wildman–Crippen MR) is 95.9 cm³/mol. The van der Waals surface area contributed by atoms with E-state index in [0.717, 1.165) is 29.8 Å². The summed E-state index contributed by atoms with van der Waals surface area (Å²) < 4.78 is 0.881. The lowest BCUT2D eigenvalue weighted by Crippen LogP contribution is -2.54. The van der Waals surface area contributed by atoms with Crippen molar-refractivity contribution in [3.05, 3.63) is 28.7 Å². The maximum atomic E-state index is 12.7. The van der Waals surface area contributed by atoms with Gasteiger partial charge in [0.25, 0.3) is 0 Å². The van der Waals surface area contributed by atoms with Crippen molar-refractivity contribution < 1.29 is 9.59 Å². The molecule has 0 radical (unpaired) electrons. The molecular weight excluding hydrogens is 382 g/mol. The van der Waals surface area contributed by atoms with Crippen molar-refractivity contribution in [2.45, 2.75) is 19.4 Å². The van der Waals surface area contributed by atoms with Crippen molar-refractivity contribution in [2.75, 3.05) is 31.1 Å². The predicted octanol–water partition coefficient (Wildman–Crippen LogP) is 2.04. The molecule has 2 amide bonds. The Bertz CT molecular complexity index is 598. The van der Waals surface area contributed by atoms with E-state index in [1.54, 1.807) is 4.90 Å². The molecule has 2 aliphatic heterocycles. The molecule has 5 nitrogen and oxygen atoms in total. The maximum absolute atomic E-state index is 12.7. The molecular formula is C16H21BrClN3O2. The summed E-state index contributed by atoms with van der Waals surface area (Å²) in [6.45, 7) is 4.88. The molecule has 0 spiro atoms. The minimum Gasteiger partial charge on any atom is -0.337 e. The van der Waals surface area contributed by atoms with E-state index < -0.39 is 0 Å². The van der Waals surface area contributed by atoms with E-state index in [9.17, 15) is 9.59 Å². The number of nitrogens with one attached hydrogen (secondary N) is 1. The number of halogens is 2. The summed E-state index contributed by atoms with van der Waals surface area (Å²) >= 11 is 3.48. The summed E-state index contributed by atoms with van der Waals surface area (Å²) in [4.78, 5) is 28.7. The first-order chi connectivity index (χ1) is 10.6. The number of carbonyl (C=O) groups excluding carboxylic acids is 2. The first-order valence-electron chi connectivity index (χ1n) is 7.64. The van der Waals surface area contributed by atoms with Crippen molar-refractivity contribution in [1.29, 1.82) is 0 Å². The lowest BCUT2D eigenvalue weighted by Gasteiger charge is -2.35. The van der Waals surface area contributed by atoms with Gasteiger partial charge in [-0.25, -0.2) is 0 Å². The fourth-order valence-electron chi connectivity index (χ4n) is 3.18. The Morgan fingerprint density at radius 3 is 2.78 bits per heavy atom. The zero-order chi connectivity index (χ0) is 15.7. The Kier molecular flexibility index (Phi) is 6.06. The molecule has 23 heavy (non-hydrogen) atoms. The number of hydrogen-bond acceptors (Lipinski definition) is 3. The molecule has 0 aliphatic carbocycles. The van der Waals surface area contributed by atoms with Crippen LogP contribution in [0.5, 0.6) is 0 Å². The van der Waals surface area contributed by atoms with E-state index in [4.69, 9.17) is 0 Å². The summed E-state index contributed by atoms with van der Waals surface area (Å²) in [7, 11) is 0. The smallest absolute Gasteiger partial charge is 0.228 e. The number of amides is 2. The molecule has 1 aromatic rings. The summed E-state index contributed by atoms with van der Waals surface area (Å²) in [5, 5.41) is 3.28. The number of hydrogen-bond donors (Lipinski definition) is 1. The number of piperazine rings is 1. The second-order valence-corrected chi connectivity index (χ2v) is 6.80. The molecule has 0 saturated carbocycles. The third-order valence-electron chi connectivity index (χ3n) is 4.40. The molecule has 2 heterocycles. The molecule has 1 aromatic carbocycles. The Balaban J connectivity index is 0.00000192. The van der Waals surface area contributed by atoms with Crippen LogP contribution in [-0.4, -0.2) is 48.9 Å². The number of rotatable bonds is 2. The Morgan fingerprint density at radius 2 is 2.09 bits per heavy atom. The average molecular weight is 403 g/mol. The number of carbonyl (C=O) groups is 2. The van der Waals surface area contributed by atoms with Gasteiger partial charge in [-0.05, 0) is 35.0 Å². The first-order valence-corrected chi connectivity index (χ1v) is 8.43. The van der Waals surface area contributed by atoms with E-state index in [2.05, 4.69) is 21.2 Å². The quantitative estimate of drug-likeness (QED) is 0.824. The topological polar surface area (TPSA) is 52.7 Å². The highest BCUT2D eigenvalue weighted by atomic mass is 79.9. The highest BCUT2D eigenvalue weighted by Gasteiger charge is 2.39. The molecule has 2 unspecified atom stereocenters. The van der Waals surface area contributed by atoms with Gasteiger partial charge in [-0.15, -0.1) is 12.4 Å². The number of anilines is 1. The van der Waals surface area contributed by atoms with Crippen LogP contribution in [0, 0.1) is 5.92 Å². The van der Waals surface area contributed by atoms with Gasteiger partial charge >= 0.3 is 0 Å². The van der Waals surface area contributed by atoms with Crippen LogP contribution < -0.4 is 10.2 Å². The fraction of sp³-hybridized carbons (Fsp3) is 0.500. The lowest BCUT2D eigenvalue weighted by molar-refractivity contribution is -0.138. The van der Waals surface area contributed by atoms with Gasteiger partial charge in [-0.2, -0.15) is 0 Å². The van der Waals surface area contributed by atoms with E-state index in [-0.39, 0.29) is 36.2 Å². The zero-order valence-corrected chi connectivity index (χ0v) is 15.4. The Hall–Kier alpha value is -1.11. The van der Waals surface area contributed by atoms with E-state index in [0.29, 0.717) is 13.0 Å². The molecule has 0 bridgehead atoms.